The number of benzene rings is 1. The Morgan fingerprint density at radius 2 is 1.81 bits per heavy atom. The van der Waals surface area contributed by atoms with Crippen LogP contribution in [0, 0.1) is 13.8 Å². The molecule has 1 N–H and O–H groups in total. The third-order valence-electron chi connectivity index (χ3n) is 2.70. The summed E-state index contributed by atoms with van der Waals surface area (Å²) in [5.74, 6) is -0.791. The van der Waals surface area contributed by atoms with Crippen molar-refractivity contribution < 1.29 is 9.90 Å². The Morgan fingerprint density at radius 3 is 2.19 bits per heavy atom. The number of rotatable bonds is 4. The number of carboxylic acid groups (broad SMARTS) is 1. The van der Waals surface area contributed by atoms with Crippen LogP contribution in [0.2, 0.25) is 0 Å². The van der Waals surface area contributed by atoms with Gasteiger partial charge in [-0.25, -0.2) is 4.79 Å². The second kappa shape index (κ2) is 5.01. The van der Waals surface area contributed by atoms with Crippen molar-refractivity contribution in [2.75, 3.05) is 11.4 Å². The molecule has 0 bridgehead atoms. The number of hydrogen-bond donors (Lipinski definition) is 1. The minimum atomic E-state index is -0.791. The van der Waals surface area contributed by atoms with Gasteiger partial charge in [-0.1, -0.05) is 6.07 Å². The molecule has 88 valence electrons. The highest BCUT2D eigenvalue weighted by molar-refractivity contribution is 5.77. The first-order valence-electron chi connectivity index (χ1n) is 5.53. The van der Waals surface area contributed by atoms with Crippen LogP contribution in [0.5, 0.6) is 0 Å². The molecule has 3 heteroatoms. The molecule has 0 saturated heterocycles. The first kappa shape index (κ1) is 12.6. The van der Waals surface area contributed by atoms with Gasteiger partial charge in [0.25, 0.3) is 0 Å². The minimum absolute atomic E-state index is 0.494. The first-order chi connectivity index (χ1) is 7.45. The van der Waals surface area contributed by atoms with E-state index in [9.17, 15) is 4.79 Å². The van der Waals surface area contributed by atoms with Crippen LogP contribution in [0.4, 0.5) is 5.69 Å². The topological polar surface area (TPSA) is 40.5 Å². The van der Waals surface area contributed by atoms with Gasteiger partial charge < -0.3 is 10.0 Å². The maximum absolute atomic E-state index is 11.0. The fourth-order valence-electron chi connectivity index (χ4n) is 1.93. The fourth-order valence-corrected chi connectivity index (χ4v) is 1.93. The number of carboxylic acids is 1. The van der Waals surface area contributed by atoms with Gasteiger partial charge in [0.1, 0.15) is 6.04 Å². The lowest BCUT2D eigenvalue weighted by Crippen LogP contribution is -2.38. The van der Waals surface area contributed by atoms with Gasteiger partial charge in [0.2, 0.25) is 0 Å². The Balaban J connectivity index is 3.08. The zero-order valence-electron chi connectivity index (χ0n) is 10.3. The molecule has 0 spiro atoms. The molecule has 3 nitrogen and oxygen atoms in total. The molecule has 0 aliphatic carbocycles. The lowest BCUT2D eigenvalue weighted by Gasteiger charge is -2.27. The molecule has 0 aliphatic rings. The van der Waals surface area contributed by atoms with E-state index in [1.54, 1.807) is 6.92 Å². The van der Waals surface area contributed by atoms with Crippen LogP contribution in [0.15, 0.2) is 18.2 Å². The minimum Gasteiger partial charge on any atom is -0.480 e. The van der Waals surface area contributed by atoms with Gasteiger partial charge in [0.05, 0.1) is 0 Å². The van der Waals surface area contributed by atoms with Crippen molar-refractivity contribution in [2.24, 2.45) is 0 Å². The average molecular weight is 221 g/mol. The Kier molecular flexibility index (Phi) is 3.93. The molecule has 1 atom stereocenters. The number of likely N-dealkylation sites (N-methyl/N-ethyl adjacent to an activating group) is 1. The maximum atomic E-state index is 11.0. The van der Waals surface area contributed by atoms with Gasteiger partial charge in [-0.2, -0.15) is 0 Å². The predicted octanol–water partition coefficient (Wildman–Crippen LogP) is 2.60. The van der Waals surface area contributed by atoms with E-state index in [0.29, 0.717) is 6.54 Å². The van der Waals surface area contributed by atoms with E-state index in [4.69, 9.17) is 5.11 Å². The van der Waals surface area contributed by atoms with E-state index in [1.807, 2.05) is 37.8 Å². The number of aliphatic carboxylic acids is 1. The largest absolute Gasteiger partial charge is 0.480 e. The molecular formula is C13H19NO2. The first-order valence-corrected chi connectivity index (χ1v) is 5.53. The predicted molar refractivity (Wildman–Crippen MR) is 66.0 cm³/mol. The zero-order chi connectivity index (χ0) is 12.3. The van der Waals surface area contributed by atoms with Crippen LogP contribution in [0.25, 0.3) is 0 Å². The lowest BCUT2D eigenvalue weighted by molar-refractivity contribution is -0.138. The number of aryl methyl sites for hydroxylation is 2. The molecule has 0 saturated carbocycles. The van der Waals surface area contributed by atoms with Crippen molar-refractivity contribution in [2.45, 2.75) is 33.7 Å². The maximum Gasteiger partial charge on any atom is 0.326 e. The van der Waals surface area contributed by atoms with Gasteiger partial charge in [-0.15, -0.1) is 0 Å². The van der Waals surface area contributed by atoms with Gasteiger partial charge in [-0.05, 0) is 51.0 Å². The second-order valence-electron chi connectivity index (χ2n) is 4.15. The number of carbonyl (C=O) groups is 1. The molecule has 1 aromatic carbocycles. The molecular weight excluding hydrogens is 202 g/mol. The van der Waals surface area contributed by atoms with Gasteiger partial charge >= 0.3 is 5.97 Å². The van der Waals surface area contributed by atoms with Gasteiger partial charge in [0, 0.05) is 12.2 Å². The van der Waals surface area contributed by atoms with Crippen LogP contribution in [-0.4, -0.2) is 23.7 Å². The summed E-state index contributed by atoms with van der Waals surface area (Å²) >= 11 is 0. The van der Waals surface area contributed by atoms with Crippen molar-refractivity contribution in [3.8, 4) is 0 Å². The molecule has 0 fully saturated rings. The second-order valence-corrected chi connectivity index (χ2v) is 4.15. The smallest absolute Gasteiger partial charge is 0.326 e. The number of hydrogen-bond acceptors (Lipinski definition) is 2. The molecule has 0 heterocycles. The average Bonchev–Trinajstić information content (AvgIpc) is 2.16. The van der Waals surface area contributed by atoms with E-state index < -0.39 is 12.0 Å². The van der Waals surface area contributed by atoms with Crippen molar-refractivity contribution in [3.05, 3.63) is 29.3 Å². The van der Waals surface area contributed by atoms with E-state index in [1.165, 1.54) is 0 Å². The highest BCUT2D eigenvalue weighted by atomic mass is 16.4. The number of nitrogens with zero attached hydrogens (tertiary/aromatic N) is 1. The highest BCUT2D eigenvalue weighted by Gasteiger charge is 2.19. The summed E-state index contributed by atoms with van der Waals surface area (Å²) in [4.78, 5) is 12.9. The molecule has 0 amide bonds. The highest BCUT2D eigenvalue weighted by Crippen LogP contribution is 2.20. The lowest BCUT2D eigenvalue weighted by atomic mass is 10.1. The Hall–Kier alpha value is -1.51. The Labute approximate surface area is 96.7 Å². The summed E-state index contributed by atoms with van der Waals surface area (Å²) in [7, 11) is 0. The van der Waals surface area contributed by atoms with Crippen molar-refractivity contribution in [1.82, 2.24) is 0 Å². The van der Waals surface area contributed by atoms with Crippen LogP contribution in [0.1, 0.15) is 25.0 Å². The Bertz CT molecular complexity index is 367. The Morgan fingerprint density at radius 1 is 1.31 bits per heavy atom. The van der Waals surface area contributed by atoms with Crippen LogP contribution >= 0.6 is 0 Å². The van der Waals surface area contributed by atoms with Gasteiger partial charge in [-0.3, -0.25) is 0 Å². The van der Waals surface area contributed by atoms with Crippen LogP contribution in [0.3, 0.4) is 0 Å². The van der Waals surface area contributed by atoms with E-state index in [0.717, 1.165) is 16.8 Å². The molecule has 0 aliphatic heterocycles. The molecule has 1 rings (SSSR count). The molecule has 16 heavy (non-hydrogen) atoms. The quantitative estimate of drug-likeness (QED) is 0.849. The fraction of sp³-hybridized carbons (Fsp3) is 0.462. The molecule has 0 aromatic heterocycles. The summed E-state index contributed by atoms with van der Waals surface area (Å²) < 4.78 is 0. The summed E-state index contributed by atoms with van der Waals surface area (Å²) in [6, 6.07) is 5.64. The van der Waals surface area contributed by atoms with E-state index >= 15 is 0 Å². The van der Waals surface area contributed by atoms with Gasteiger partial charge in [0.15, 0.2) is 0 Å². The van der Waals surface area contributed by atoms with Crippen molar-refractivity contribution in [1.29, 1.82) is 0 Å². The van der Waals surface area contributed by atoms with Crippen LogP contribution < -0.4 is 4.90 Å². The van der Waals surface area contributed by atoms with E-state index in [2.05, 4.69) is 6.07 Å². The molecule has 1 aromatic rings. The third kappa shape index (κ3) is 2.75. The van der Waals surface area contributed by atoms with Crippen LogP contribution in [-0.2, 0) is 4.79 Å². The van der Waals surface area contributed by atoms with E-state index in [-0.39, 0.29) is 0 Å². The summed E-state index contributed by atoms with van der Waals surface area (Å²) in [6.45, 7) is 8.42. The summed E-state index contributed by atoms with van der Waals surface area (Å²) in [5.41, 5.74) is 3.30. The zero-order valence-corrected chi connectivity index (χ0v) is 10.3. The standard InChI is InChI=1S/C13H19NO2/c1-5-14(11(4)13(15)16)12-7-9(2)6-10(3)8-12/h6-8,11H,5H2,1-4H3,(H,15,16). The monoisotopic (exact) mass is 221 g/mol. The number of anilines is 1. The third-order valence-corrected chi connectivity index (χ3v) is 2.70. The van der Waals surface area contributed by atoms with Crippen molar-refractivity contribution >= 4 is 11.7 Å². The molecule has 0 radical (unpaired) electrons. The summed E-state index contributed by atoms with van der Waals surface area (Å²) in [5, 5.41) is 9.04. The SMILES string of the molecule is CCN(c1cc(C)cc(C)c1)C(C)C(=O)O. The normalized spacial score (nSPS) is 12.2. The summed E-state index contributed by atoms with van der Waals surface area (Å²) in [6.07, 6.45) is 0. The molecule has 1 unspecified atom stereocenters. The van der Waals surface area contributed by atoms with Crippen molar-refractivity contribution in [3.63, 3.8) is 0 Å².